The molecule has 2 atom stereocenters. The van der Waals surface area contributed by atoms with E-state index in [0.29, 0.717) is 23.9 Å². The molecule has 2 fully saturated rings. The lowest BCUT2D eigenvalue weighted by Crippen LogP contribution is -2.25. The Morgan fingerprint density at radius 2 is 1.96 bits per heavy atom. The van der Waals surface area contributed by atoms with Crippen molar-refractivity contribution in [2.24, 2.45) is 11.8 Å². The maximum Gasteiger partial charge on any atom is 0.166 e. The van der Waals surface area contributed by atoms with Gasteiger partial charge < -0.3 is 15.4 Å². The molecule has 1 saturated heterocycles. The number of aromatic nitrogens is 4. The van der Waals surface area contributed by atoms with Gasteiger partial charge in [0.1, 0.15) is 11.8 Å². The Kier molecular flexibility index (Phi) is 4.37. The van der Waals surface area contributed by atoms with Crippen molar-refractivity contribution in [2.75, 3.05) is 18.8 Å². The lowest BCUT2D eigenvalue weighted by atomic mass is 9.82. The Bertz CT molecular complexity index is 695. The van der Waals surface area contributed by atoms with Crippen LogP contribution < -0.4 is 5.73 Å². The van der Waals surface area contributed by atoms with Gasteiger partial charge in [-0.2, -0.15) is 0 Å². The molecule has 2 aromatic rings. The summed E-state index contributed by atoms with van der Waals surface area (Å²) in [6, 6.07) is 0. The van der Waals surface area contributed by atoms with Gasteiger partial charge >= 0.3 is 0 Å². The summed E-state index contributed by atoms with van der Waals surface area (Å²) in [5.74, 6) is 1.61. The number of nitrogen functional groups attached to an aromatic ring is 1. The van der Waals surface area contributed by atoms with Gasteiger partial charge in [0.25, 0.3) is 0 Å². The third-order valence-electron chi connectivity index (χ3n) is 5.62. The monoisotopic (exact) mass is 330 g/mol. The third kappa shape index (κ3) is 3.10. The van der Waals surface area contributed by atoms with Gasteiger partial charge in [0.2, 0.25) is 0 Å². The summed E-state index contributed by atoms with van der Waals surface area (Å²) in [6.07, 6.45) is 11.0. The van der Waals surface area contributed by atoms with E-state index in [9.17, 15) is 5.11 Å². The van der Waals surface area contributed by atoms with E-state index in [1.807, 2.05) is 4.57 Å². The van der Waals surface area contributed by atoms with Crippen LogP contribution in [-0.2, 0) is 6.67 Å². The van der Waals surface area contributed by atoms with Crippen molar-refractivity contribution >= 4 is 17.0 Å². The third-order valence-corrected chi connectivity index (χ3v) is 5.62. The number of aliphatic hydroxyl groups is 1. The van der Waals surface area contributed by atoms with Crippen molar-refractivity contribution in [2.45, 2.75) is 51.3 Å². The van der Waals surface area contributed by atoms with E-state index >= 15 is 0 Å². The first-order valence-corrected chi connectivity index (χ1v) is 9.02. The van der Waals surface area contributed by atoms with E-state index in [1.165, 1.54) is 38.4 Å². The van der Waals surface area contributed by atoms with Crippen molar-refractivity contribution < 1.29 is 5.11 Å². The van der Waals surface area contributed by atoms with Gasteiger partial charge in [-0.15, -0.1) is 0 Å². The summed E-state index contributed by atoms with van der Waals surface area (Å²) in [6.45, 7) is 2.35. The molecule has 1 aliphatic heterocycles. The van der Waals surface area contributed by atoms with Crippen LogP contribution in [0.5, 0.6) is 0 Å². The summed E-state index contributed by atoms with van der Waals surface area (Å²) in [7, 11) is 0. The van der Waals surface area contributed by atoms with Crippen LogP contribution >= 0.6 is 0 Å². The molecule has 3 heterocycles. The summed E-state index contributed by atoms with van der Waals surface area (Å²) < 4.78 is 1.99. The molecule has 1 saturated carbocycles. The zero-order chi connectivity index (χ0) is 16.5. The van der Waals surface area contributed by atoms with Crippen LogP contribution in [0.25, 0.3) is 11.2 Å². The maximum absolute atomic E-state index is 10.5. The number of nitrogens with two attached hydrogens (primary N) is 1. The molecule has 3 N–H and O–H groups in total. The molecule has 130 valence electrons. The largest absolute Gasteiger partial charge is 0.391 e. The van der Waals surface area contributed by atoms with Gasteiger partial charge in [0.05, 0.1) is 19.1 Å². The number of imidazole rings is 1. The van der Waals surface area contributed by atoms with E-state index in [2.05, 4.69) is 19.9 Å². The zero-order valence-corrected chi connectivity index (χ0v) is 14.0. The fraction of sp³-hybridized carbons (Fsp3) is 0.706. The van der Waals surface area contributed by atoms with Gasteiger partial charge in [0.15, 0.2) is 11.5 Å². The molecule has 2 aromatic heterocycles. The second-order valence-electron chi connectivity index (χ2n) is 7.39. The number of rotatable bonds is 4. The highest BCUT2D eigenvalue weighted by Gasteiger charge is 2.33. The molecule has 7 nitrogen and oxygen atoms in total. The van der Waals surface area contributed by atoms with Crippen molar-refractivity contribution in [3.05, 3.63) is 12.7 Å². The molecular formula is C17H26N6O. The Morgan fingerprint density at radius 1 is 1.12 bits per heavy atom. The van der Waals surface area contributed by atoms with Gasteiger partial charge in [-0.1, -0.05) is 32.1 Å². The fourth-order valence-corrected chi connectivity index (χ4v) is 4.36. The van der Waals surface area contributed by atoms with Gasteiger partial charge in [-0.05, 0) is 18.3 Å². The molecule has 4 rings (SSSR count). The van der Waals surface area contributed by atoms with Crippen LogP contribution in [0.3, 0.4) is 0 Å². The Hall–Kier alpha value is -1.73. The molecule has 0 radical (unpaired) electrons. The average molecular weight is 330 g/mol. The number of β-amino-alcohol motifs (C(OH)–C–C–N with tert-alkyl or cyclic N) is 1. The molecule has 0 spiro atoms. The van der Waals surface area contributed by atoms with Crippen LogP contribution in [0.2, 0.25) is 0 Å². The topological polar surface area (TPSA) is 93.1 Å². The number of anilines is 1. The van der Waals surface area contributed by atoms with Gasteiger partial charge in [-0.3, -0.25) is 4.90 Å². The van der Waals surface area contributed by atoms with Crippen LogP contribution in [0.15, 0.2) is 12.7 Å². The average Bonchev–Trinajstić information content (AvgIpc) is 3.14. The SMILES string of the molecule is Nc1ncnc2c1ncn2CN1C[C@H](CC2CCCCC2)[C@@H](O)C1. The highest BCUT2D eigenvalue weighted by molar-refractivity contribution is 5.80. The van der Waals surface area contributed by atoms with E-state index < -0.39 is 0 Å². The Morgan fingerprint density at radius 3 is 2.79 bits per heavy atom. The van der Waals surface area contributed by atoms with E-state index in [-0.39, 0.29) is 6.10 Å². The molecule has 1 aliphatic carbocycles. The van der Waals surface area contributed by atoms with Crippen LogP contribution in [0, 0.1) is 11.8 Å². The predicted molar refractivity (Wildman–Crippen MR) is 92.0 cm³/mol. The molecular weight excluding hydrogens is 304 g/mol. The normalized spacial score (nSPS) is 26.4. The van der Waals surface area contributed by atoms with Crippen LogP contribution in [-0.4, -0.2) is 48.7 Å². The van der Waals surface area contributed by atoms with Crippen molar-refractivity contribution in [3.8, 4) is 0 Å². The number of hydrogen-bond acceptors (Lipinski definition) is 6. The Balaban J connectivity index is 1.41. The lowest BCUT2D eigenvalue weighted by molar-refractivity contribution is 0.121. The number of hydrogen-bond donors (Lipinski definition) is 2. The molecule has 0 bridgehead atoms. The quantitative estimate of drug-likeness (QED) is 0.885. The molecule has 0 aromatic carbocycles. The van der Waals surface area contributed by atoms with Crippen LogP contribution in [0.4, 0.5) is 5.82 Å². The minimum absolute atomic E-state index is 0.221. The first-order valence-electron chi connectivity index (χ1n) is 9.02. The number of aliphatic hydroxyl groups excluding tert-OH is 1. The standard InChI is InChI=1S/C17H26N6O/c18-16-15-17(20-9-19-16)23(10-21-15)11-22-7-13(14(24)8-22)6-12-4-2-1-3-5-12/h9-10,12-14,24H,1-8,11H2,(H2,18,19,20)/t13-,14-/m0/s1. The first kappa shape index (κ1) is 15.8. The molecule has 0 amide bonds. The maximum atomic E-state index is 10.5. The van der Waals surface area contributed by atoms with Crippen molar-refractivity contribution in [1.82, 2.24) is 24.4 Å². The smallest absolute Gasteiger partial charge is 0.166 e. The summed E-state index contributed by atoms with van der Waals surface area (Å²) in [4.78, 5) is 14.9. The van der Waals surface area contributed by atoms with Gasteiger partial charge in [0, 0.05) is 13.1 Å². The van der Waals surface area contributed by atoms with E-state index in [0.717, 1.165) is 31.1 Å². The van der Waals surface area contributed by atoms with E-state index in [1.54, 1.807) is 6.33 Å². The zero-order valence-electron chi connectivity index (χ0n) is 14.0. The van der Waals surface area contributed by atoms with E-state index in [4.69, 9.17) is 5.73 Å². The molecule has 0 unspecified atom stereocenters. The lowest BCUT2D eigenvalue weighted by Gasteiger charge is -2.25. The summed E-state index contributed by atoms with van der Waals surface area (Å²) in [5, 5.41) is 10.5. The highest BCUT2D eigenvalue weighted by atomic mass is 16.3. The highest BCUT2D eigenvalue weighted by Crippen LogP contribution is 2.33. The first-order chi connectivity index (χ1) is 11.7. The Labute approximate surface area is 141 Å². The molecule has 7 heteroatoms. The van der Waals surface area contributed by atoms with Crippen molar-refractivity contribution in [3.63, 3.8) is 0 Å². The molecule has 2 aliphatic rings. The predicted octanol–water partition coefficient (Wildman–Crippen LogP) is 1.63. The molecule has 24 heavy (non-hydrogen) atoms. The fourth-order valence-electron chi connectivity index (χ4n) is 4.36. The number of likely N-dealkylation sites (tertiary alicyclic amines) is 1. The minimum Gasteiger partial charge on any atom is -0.391 e. The number of fused-ring (bicyclic) bond motifs is 1. The van der Waals surface area contributed by atoms with Crippen molar-refractivity contribution in [1.29, 1.82) is 0 Å². The van der Waals surface area contributed by atoms with Crippen LogP contribution in [0.1, 0.15) is 38.5 Å². The van der Waals surface area contributed by atoms with Gasteiger partial charge in [-0.25, -0.2) is 15.0 Å². The summed E-state index contributed by atoms with van der Waals surface area (Å²) >= 11 is 0. The number of nitrogens with zero attached hydrogens (tertiary/aromatic N) is 5. The second kappa shape index (κ2) is 6.64. The minimum atomic E-state index is -0.221. The second-order valence-corrected chi connectivity index (χ2v) is 7.39. The summed E-state index contributed by atoms with van der Waals surface area (Å²) in [5.41, 5.74) is 7.25.